The van der Waals surface area contributed by atoms with Crippen LogP contribution in [0.5, 0.6) is 0 Å². The molecule has 0 radical (unpaired) electrons. The summed E-state index contributed by atoms with van der Waals surface area (Å²) in [5.41, 5.74) is 0. The SMILES string of the molecule is CCC1OC(OC2C(C(=O)O)OC(OC3C(O)CC(OC4C(C(=O)O)OC(OCCCCCCNC(=O)CCO)C(O)C4O)OC3COS(=O)(=O)O)C(O)C2O)C(/N=[SH](=O)/OO)C(O)C1O. The Balaban J connectivity index is 1.44. The Hall–Kier alpha value is -2.49. The first-order chi connectivity index (χ1) is 31.1. The second kappa shape index (κ2) is 25.9. The van der Waals surface area contributed by atoms with E-state index in [1.165, 1.54) is 6.92 Å². The molecule has 32 heteroatoms. The number of hydrogen-bond acceptors (Lipinski definition) is 26. The third-order valence-electron chi connectivity index (χ3n) is 10.7. The number of carboxylic acids is 2. The van der Waals surface area contributed by atoms with E-state index in [0.717, 1.165) is 0 Å². The van der Waals surface area contributed by atoms with Gasteiger partial charge < -0.3 is 94.3 Å². The van der Waals surface area contributed by atoms with Crippen molar-refractivity contribution in [3.8, 4) is 0 Å². The van der Waals surface area contributed by atoms with Crippen LogP contribution >= 0.6 is 0 Å². The summed E-state index contributed by atoms with van der Waals surface area (Å²) < 4.78 is 100. The number of hydrogen-bond donors (Lipinski definition) is 14. The molecule has 4 saturated heterocycles. The van der Waals surface area contributed by atoms with Crippen LogP contribution in [0.1, 0.15) is 51.9 Å². The fraction of sp³-hybridized carbons (Fsp3) is 0.912. The van der Waals surface area contributed by atoms with Crippen molar-refractivity contribution in [3.63, 3.8) is 0 Å². The van der Waals surface area contributed by atoms with Gasteiger partial charge in [0.15, 0.2) is 48.2 Å². The number of ether oxygens (including phenoxy) is 8. The molecular weight excluding hydrogens is 948 g/mol. The second-order valence-electron chi connectivity index (χ2n) is 15.4. The van der Waals surface area contributed by atoms with Crippen molar-refractivity contribution in [1.29, 1.82) is 0 Å². The van der Waals surface area contributed by atoms with Gasteiger partial charge in [-0.25, -0.2) is 27.6 Å². The van der Waals surface area contributed by atoms with Crippen LogP contribution in [0.15, 0.2) is 4.36 Å². The van der Waals surface area contributed by atoms with Crippen molar-refractivity contribution in [2.45, 2.75) is 169 Å². The zero-order valence-corrected chi connectivity index (χ0v) is 36.7. The third kappa shape index (κ3) is 15.3. The molecule has 0 aliphatic carbocycles. The molecule has 30 nitrogen and oxygen atoms in total. The lowest BCUT2D eigenvalue weighted by molar-refractivity contribution is -0.366. The van der Waals surface area contributed by atoms with E-state index >= 15 is 0 Å². The van der Waals surface area contributed by atoms with Crippen LogP contribution in [0.4, 0.5) is 0 Å². The number of aliphatic hydroxyl groups excluding tert-OH is 8. The molecule has 4 aliphatic heterocycles. The highest BCUT2D eigenvalue weighted by atomic mass is 32.3. The molecule has 66 heavy (non-hydrogen) atoms. The van der Waals surface area contributed by atoms with Crippen LogP contribution in [0.2, 0.25) is 0 Å². The first kappa shape index (κ1) is 56.1. The van der Waals surface area contributed by atoms with Gasteiger partial charge in [0.1, 0.15) is 67.1 Å². The van der Waals surface area contributed by atoms with Crippen molar-refractivity contribution in [2.24, 2.45) is 4.36 Å². The van der Waals surface area contributed by atoms with E-state index < -0.39 is 163 Å². The number of carbonyl (C=O) groups is 3. The molecule has 4 heterocycles. The lowest BCUT2D eigenvalue weighted by Gasteiger charge is -2.47. The molecule has 0 aromatic carbocycles. The normalized spacial score (nSPS) is 39.3. The first-order valence-corrected chi connectivity index (χ1v) is 23.0. The summed E-state index contributed by atoms with van der Waals surface area (Å²) in [5, 5.41) is 117. The Morgan fingerprint density at radius 1 is 0.742 bits per heavy atom. The molecule has 0 aromatic rings. The summed E-state index contributed by atoms with van der Waals surface area (Å²) in [7, 11) is -8.55. The largest absolute Gasteiger partial charge is 0.479 e. The molecule has 0 aromatic heterocycles. The molecule has 384 valence electrons. The standard InChI is InChI=1S/C34H58N2O28S2/c1-2-14-19(40)20(41)18(36-65(51)64-50)32(58-14)61-27-22(43)24(45)34(63-29(27)31(48)49)60-25-13(38)11-17(57-15(25)12-56-66(52,53)54)59-26-21(42)23(44)33(62-28(26)30(46)47)55-10-6-4-3-5-8-35-16(39)7-9-37/h13-15,17-29,32-34,37-38,40-45,50,65H,2-12H2,1H3,(H,35,39)(H,46,47)(H,48,49)(H,52,53,54). The van der Waals surface area contributed by atoms with Gasteiger partial charge in [-0.1, -0.05) is 19.8 Å². The minimum atomic E-state index is -5.27. The van der Waals surface area contributed by atoms with Crippen molar-refractivity contribution < 1.29 is 134 Å². The van der Waals surface area contributed by atoms with Crippen molar-refractivity contribution in [2.75, 3.05) is 26.4 Å². The van der Waals surface area contributed by atoms with Gasteiger partial charge in [0.2, 0.25) is 5.91 Å². The van der Waals surface area contributed by atoms with Gasteiger partial charge in [-0.2, -0.15) is 8.42 Å². The summed E-state index contributed by atoms with van der Waals surface area (Å²) in [6, 6.07) is -1.86. The molecule has 0 spiro atoms. The fourth-order valence-corrected chi connectivity index (χ4v) is 8.20. The monoisotopic (exact) mass is 1010 g/mol. The number of amides is 1. The summed E-state index contributed by atoms with van der Waals surface area (Å²) in [6.45, 7) is 0.336. The number of thiol groups is 1. The molecule has 13 N–H and O–H groups in total. The Morgan fingerprint density at radius 2 is 1.33 bits per heavy atom. The Kier molecular flexibility index (Phi) is 22.0. The average Bonchev–Trinajstić information content (AvgIpc) is 3.25. The van der Waals surface area contributed by atoms with E-state index in [2.05, 4.69) is 18.2 Å². The van der Waals surface area contributed by atoms with E-state index in [-0.39, 0.29) is 32.0 Å². The van der Waals surface area contributed by atoms with Crippen molar-refractivity contribution in [1.82, 2.24) is 5.32 Å². The number of carbonyl (C=O) groups excluding carboxylic acids is 1. The van der Waals surface area contributed by atoms with Gasteiger partial charge in [-0.3, -0.25) is 9.35 Å². The molecule has 4 rings (SSSR count). The van der Waals surface area contributed by atoms with Crippen LogP contribution in [-0.4, -0.2) is 234 Å². The van der Waals surface area contributed by atoms with Crippen molar-refractivity contribution in [3.05, 3.63) is 0 Å². The van der Waals surface area contributed by atoms with Crippen LogP contribution in [0.25, 0.3) is 0 Å². The number of nitrogens with zero attached hydrogens (tertiary/aromatic N) is 1. The molecule has 20 unspecified atom stereocenters. The molecule has 0 bridgehead atoms. The first-order valence-electron chi connectivity index (χ1n) is 20.5. The summed E-state index contributed by atoms with van der Waals surface area (Å²) in [6.07, 6.45) is -33.8. The van der Waals surface area contributed by atoms with Gasteiger partial charge in [-0.05, 0) is 19.3 Å². The number of rotatable bonds is 24. The summed E-state index contributed by atoms with van der Waals surface area (Å²) >= 11 is 0. The number of unbranched alkanes of at least 4 members (excludes halogenated alkanes) is 3. The maximum atomic E-state index is 12.5. The number of aliphatic hydroxyl groups is 8. The smallest absolute Gasteiger partial charge is 0.397 e. The van der Waals surface area contributed by atoms with Crippen LogP contribution in [-0.2, 0) is 82.1 Å². The highest BCUT2D eigenvalue weighted by molar-refractivity contribution is 7.80. The highest BCUT2D eigenvalue weighted by Gasteiger charge is 2.56. The Labute approximate surface area is 377 Å². The third-order valence-corrected chi connectivity index (χ3v) is 11.8. The van der Waals surface area contributed by atoms with Crippen LogP contribution in [0, 0.1) is 0 Å². The van der Waals surface area contributed by atoms with E-state index in [9.17, 15) is 77.5 Å². The highest BCUT2D eigenvalue weighted by Crippen LogP contribution is 2.35. The molecule has 4 aliphatic rings. The van der Waals surface area contributed by atoms with Gasteiger partial charge in [0.25, 0.3) is 0 Å². The van der Waals surface area contributed by atoms with Gasteiger partial charge in [0.05, 0.1) is 25.4 Å². The second-order valence-corrected chi connectivity index (χ2v) is 17.3. The zero-order valence-electron chi connectivity index (χ0n) is 34.9. The summed E-state index contributed by atoms with van der Waals surface area (Å²) in [4.78, 5) is 36.2. The molecule has 1 amide bonds. The molecule has 0 saturated carbocycles. The van der Waals surface area contributed by atoms with Gasteiger partial charge in [-0.15, -0.1) is 4.33 Å². The predicted octanol–water partition coefficient (Wildman–Crippen LogP) is -6.13. The minimum Gasteiger partial charge on any atom is -0.479 e. The van der Waals surface area contributed by atoms with E-state index in [0.29, 0.717) is 32.2 Å². The Morgan fingerprint density at radius 3 is 1.92 bits per heavy atom. The van der Waals surface area contributed by atoms with Crippen LogP contribution in [0.3, 0.4) is 0 Å². The van der Waals surface area contributed by atoms with Gasteiger partial charge in [0, 0.05) is 26.0 Å². The van der Waals surface area contributed by atoms with Gasteiger partial charge >= 0.3 is 22.3 Å². The fourth-order valence-electron chi connectivity index (χ4n) is 7.39. The number of carboxylic acid groups (broad SMARTS) is 2. The number of aliphatic carboxylic acids is 2. The molecular formula is C34H58N2O28S2. The maximum Gasteiger partial charge on any atom is 0.397 e. The number of nitrogens with one attached hydrogen (secondary N) is 1. The van der Waals surface area contributed by atoms with Crippen LogP contribution < -0.4 is 5.32 Å². The lowest BCUT2D eigenvalue weighted by Crippen LogP contribution is -2.66. The topological polar surface area (TPSA) is 462 Å². The van der Waals surface area contributed by atoms with E-state index in [4.69, 9.17) is 48.3 Å². The van der Waals surface area contributed by atoms with E-state index in [1.807, 2.05) is 0 Å². The zero-order chi connectivity index (χ0) is 49.0. The summed E-state index contributed by atoms with van der Waals surface area (Å²) in [5.74, 6) is -3.89. The van der Waals surface area contributed by atoms with Crippen molar-refractivity contribution >= 4 is 39.1 Å². The lowest BCUT2D eigenvalue weighted by atomic mass is 9.94. The average molecular weight is 1010 g/mol. The Bertz CT molecular complexity index is 1760. The molecule has 20 atom stereocenters. The maximum absolute atomic E-state index is 12.5. The quantitative estimate of drug-likeness (QED) is 0.0141. The molecule has 4 fully saturated rings. The van der Waals surface area contributed by atoms with E-state index in [1.54, 1.807) is 0 Å². The predicted molar refractivity (Wildman–Crippen MR) is 208 cm³/mol. The minimum absolute atomic E-state index is 0.0194.